The van der Waals surface area contributed by atoms with Gasteiger partial charge in [-0.3, -0.25) is 4.79 Å². The van der Waals surface area contributed by atoms with Gasteiger partial charge >= 0.3 is 0 Å². The second-order valence-electron chi connectivity index (χ2n) is 6.97. The van der Waals surface area contributed by atoms with E-state index >= 15 is 0 Å². The topological polar surface area (TPSA) is 107 Å². The summed E-state index contributed by atoms with van der Waals surface area (Å²) in [6.45, 7) is 2.78. The third-order valence-electron chi connectivity index (χ3n) is 4.80. The molecule has 0 bridgehead atoms. The molecule has 0 radical (unpaired) electrons. The molecule has 164 valence electrons. The quantitative estimate of drug-likeness (QED) is 0.491. The fourth-order valence-corrected chi connectivity index (χ4v) is 3.37. The lowest BCUT2D eigenvalue weighted by Gasteiger charge is -2.27. The summed E-state index contributed by atoms with van der Waals surface area (Å²) in [5.74, 6) is 0.571. The largest absolute Gasteiger partial charge is 0.378 e. The number of H-pyrrole nitrogens is 1. The fourth-order valence-electron chi connectivity index (χ4n) is 3.15. The van der Waals surface area contributed by atoms with Gasteiger partial charge in [0, 0.05) is 18.7 Å². The van der Waals surface area contributed by atoms with Gasteiger partial charge in [-0.2, -0.15) is 0 Å². The Bertz CT molecular complexity index is 1170. The van der Waals surface area contributed by atoms with Crippen molar-refractivity contribution < 1.29 is 13.9 Å². The predicted octanol–water partition coefficient (Wildman–Crippen LogP) is 3.77. The molecule has 3 heterocycles. The Kier molecular flexibility index (Phi) is 6.58. The van der Waals surface area contributed by atoms with E-state index in [2.05, 4.69) is 25.2 Å². The van der Waals surface area contributed by atoms with E-state index in [1.54, 1.807) is 12.1 Å². The van der Waals surface area contributed by atoms with Crippen molar-refractivity contribution in [3.8, 4) is 0 Å². The predicted molar refractivity (Wildman–Crippen MR) is 121 cm³/mol. The highest BCUT2D eigenvalue weighted by atomic mass is 35.5. The molecule has 0 spiro atoms. The van der Waals surface area contributed by atoms with Gasteiger partial charge in [-0.05, 0) is 30.4 Å². The highest BCUT2D eigenvalue weighted by Gasteiger charge is 2.15. The number of aromatic amines is 1. The van der Waals surface area contributed by atoms with Crippen LogP contribution in [0.5, 0.6) is 0 Å². The number of nitrogens with one attached hydrogen (secondary N) is 3. The van der Waals surface area contributed by atoms with E-state index in [4.69, 9.17) is 21.7 Å². The maximum atomic E-state index is 13.6. The summed E-state index contributed by atoms with van der Waals surface area (Å²) in [5.41, 5.74) is 0.512. The Morgan fingerprint density at radius 1 is 1.25 bits per heavy atom. The summed E-state index contributed by atoms with van der Waals surface area (Å²) in [5, 5.41) is 10.7. The molecule has 1 aliphatic rings. The number of nitrogens with zero attached hydrogens (tertiary/aromatic N) is 3. The number of hydrogen-bond donors (Lipinski definition) is 3. The van der Waals surface area contributed by atoms with Gasteiger partial charge in [0.2, 0.25) is 0 Å². The first-order valence-corrected chi connectivity index (χ1v) is 10.3. The summed E-state index contributed by atoms with van der Waals surface area (Å²) >= 11 is 5.91. The number of halogens is 2. The van der Waals surface area contributed by atoms with Crippen LogP contribution in [0.15, 0.2) is 48.7 Å². The Morgan fingerprint density at radius 3 is 2.84 bits per heavy atom. The number of imidazole rings is 1. The van der Waals surface area contributed by atoms with Crippen LogP contribution in [0.1, 0.15) is 21.9 Å². The lowest BCUT2D eigenvalue weighted by Crippen LogP contribution is -2.36. The first-order chi connectivity index (χ1) is 15.5. The number of hydrogen-bond acceptors (Lipinski definition) is 6. The number of pyridine rings is 1. The fraction of sp³-hybridized carbons (Fsp3) is 0.182. The summed E-state index contributed by atoms with van der Waals surface area (Å²) in [7, 11) is 0. The molecule has 0 atom stereocenters. The number of allylic oxidation sites excluding steroid dienone is 1. The zero-order valence-corrected chi connectivity index (χ0v) is 17.7. The summed E-state index contributed by atoms with van der Waals surface area (Å²) in [4.78, 5) is 26.2. The lowest BCUT2D eigenvalue weighted by atomic mass is 10.1. The van der Waals surface area contributed by atoms with Crippen LogP contribution in [-0.4, -0.2) is 52.9 Å². The molecule has 2 aromatic heterocycles. The van der Waals surface area contributed by atoms with E-state index in [1.807, 2.05) is 12.1 Å². The normalized spacial score (nSPS) is 14.0. The minimum Gasteiger partial charge on any atom is -0.378 e. The van der Waals surface area contributed by atoms with Crippen molar-refractivity contribution in [1.29, 1.82) is 5.41 Å². The molecule has 1 fully saturated rings. The minimum absolute atomic E-state index is 0.0148. The molecule has 4 rings (SSSR count). The number of anilines is 2. The Labute approximate surface area is 188 Å². The second-order valence-corrected chi connectivity index (χ2v) is 7.34. The first-order valence-electron chi connectivity index (χ1n) is 9.88. The van der Waals surface area contributed by atoms with Crippen LogP contribution in [0.2, 0.25) is 5.02 Å². The molecule has 3 N–H and O–H groups in total. The molecule has 1 aromatic carbocycles. The van der Waals surface area contributed by atoms with E-state index in [0.29, 0.717) is 24.9 Å². The zero-order chi connectivity index (χ0) is 22.5. The molecule has 1 aliphatic heterocycles. The van der Waals surface area contributed by atoms with Crippen molar-refractivity contribution >= 4 is 40.9 Å². The zero-order valence-electron chi connectivity index (χ0n) is 16.9. The smallest absolute Gasteiger partial charge is 0.274 e. The van der Waals surface area contributed by atoms with Gasteiger partial charge in [-0.1, -0.05) is 29.8 Å². The van der Waals surface area contributed by atoms with E-state index in [9.17, 15) is 9.18 Å². The van der Waals surface area contributed by atoms with Crippen LogP contribution in [0, 0.1) is 11.2 Å². The maximum Gasteiger partial charge on any atom is 0.274 e. The van der Waals surface area contributed by atoms with Crippen LogP contribution in [-0.2, 0) is 4.74 Å². The molecule has 10 heteroatoms. The van der Waals surface area contributed by atoms with E-state index in [1.165, 1.54) is 30.5 Å². The molecule has 1 saturated heterocycles. The monoisotopic (exact) mass is 454 g/mol. The van der Waals surface area contributed by atoms with Crippen molar-refractivity contribution in [2.75, 3.05) is 36.5 Å². The SMILES string of the molecule is N=C(/C=C\c1ncc(C(=O)Nc2cccc(N3CCOCC3)n2)[nH]1)c1cccc(F)c1Cl. The van der Waals surface area contributed by atoms with E-state index in [0.717, 1.165) is 18.9 Å². The highest BCUT2D eigenvalue weighted by molar-refractivity contribution is 6.35. The average Bonchev–Trinajstić information content (AvgIpc) is 3.29. The second kappa shape index (κ2) is 9.71. The van der Waals surface area contributed by atoms with Crippen molar-refractivity contribution in [3.05, 3.63) is 76.6 Å². The number of amides is 1. The van der Waals surface area contributed by atoms with Gasteiger partial charge in [0.25, 0.3) is 5.91 Å². The van der Waals surface area contributed by atoms with Gasteiger partial charge in [0.15, 0.2) is 0 Å². The maximum absolute atomic E-state index is 13.6. The van der Waals surface area contributed by atoms with Gasteiger partial charge in [-0.25, -0.2) is 14.4 Å². The molecule has 0 saturated carbocycles. The Morgan fingerprint density at radius 2 is 2.03 bits per heavy atom. The van der Waals surface area contributed by atoms with E-state index in [-0.39, 0.29) is 22.0 Å². The third kappa shape index (κ3) is 5.01. The number of benzene rings is 1. The van der Waals surface area contributed by atoms with Crippen LogP contribution in [0.3, 0.4) is 0 Å². The van der Waals surface area contributed by atoms with Crippen molar-refractivity contribution in [2.45, 2.75) is 0 Å². The molecule has 0 aliphatic carbocycles. The van der Waals surface area contributed by atoms with Crippen molar-refractivity contribution in [3.63, 3.8) is 0 Å². The number of rotatable bonds is 6. The molecule has 8 nitrogen and oxygen atoms in total. The molecule has 0 unspecified atom stereocenters. The minimum atomic E-state index is -0.592. The summed E-state index contributed by atoms with van der Waals surface area (Å²) in [6.07, 6.45) is 4.33. The Hall–Kier alpha value is -3.56. The van der Waals surface area contributed by atoms with Gasteiger partial charge in [0.1, 0.15) is 29.0 Å². The number of aromatic nitrogens is 3. The van der Waals surface area contributed by atoms with Gasteiger partial charge in [0.05, 0.1) is 30.1 Å². The molecular weight excluding hydrogens is 435 g/mol. The first kappa shape index (κ1) is 21.7. The highest BCUT2D eigenvalue weighted by Crippen LogP contribution is 2.21. The van der Waals surface area contributed by atoms with Crippen LogP contribution < -0.4 is 10.2 Å². The standard InChI is InChI=1S/C22H20ClFN6O2/c23-21-14(3-1-4-15(21)24)16(25)7-8-18-26-13-17(27-18)22(31)29-19-5-2-6-20(28-19)30-9-11-32-12-10-30/h1-8,13,25H,9-12H2,(H,26,27)(H,28,29,31)/b8-7-,25-16?. The Balaban J connectivity index is 1.41. The molecular formula is C22H20ClFN6O2. The summed E-state index contributed by atoms with van der Waals surface area (Å²) < 4.78 is 18.9. The number of ether oxygens (including phenoxy) is 1. The number of carbonyl (C=O) groups is 1. The lowest BCUT2D eigenvalue weighted by molar-refractivity contribution is 0.102. The van der Waals surface area contributed by atoms with Gasteiger partial charge in [-0.15, -0.1) is 0 Å². The van der Waals surface area contributed by atoms with Crippen molar-refractivity contribution in [1.82, 2.24) is 15.0 Å². The van der Waals surface area contributed by atoms with Crippen LogP contribution in [0.4, 0.5) is 16.0 Å². The number of carbonyl (C=O) groups excluding carboxylic acids is 1. The van der Waals surface area contributed by atoms with E-state index < -0.39 is 11.7 Å². The average molecular weight is 455 g/mol. The van der Waals surface area contributed by atoms with Crippen molar-refractivity contribution in [2.24, 2.45) is 0 Å². The molecule has 32 heavy (non-hydrogen) atoms. The third-order valence-corrected chi connectivity index (χ3v) is 5.18. The molecule has 1 amide bonds. The van der Waals surface area contributed by atoms with Crippen LogP contribution >= 0.6 is 11.6 Å². The summed E-state index contributed by atoms with van der Waals surface area (Å²) in [6, 6.07) is 9.69. The number of morpholine rings is 1. The van der Waals surface area contributed by atoms with Crippen LogP contribution in [0.25, 0.3) is 6.08 Å². The van der Waals surface area contributed by atoms with Gasteiger partial charge < -0.3 is 25.3 Å². The molecule has 3 aromatic rings.